The number of hydrogen-bond acceptors (Lipinski definition) is 3. The van der Waals surface area contributed by atoms with E-state index in [1.54, 1.807) is 18.9 Å². The molecule has 82 valence electrons. The lowest BCUT2D eigenvalue weighted by molar-refractivity contribution is -0.129. The van der Waals surface area contributed by atoms with E-state index in [1.807, 2.05) is 25.1 Å². The molecule has 0 aliphatic carbocycles. The number of carbonyl (C=O) groups excluding carboxylic acids is 1. The van der Waals surface area contributed by atoms with Crippen molar-refractivity contribution in [2.45, 2.75) is 25.6 Å². The third-order valence-electron chi connectivity index (χ3n) is 2.08. The zero-order chi connectivity index (χ0) is 11.4. The van der Waals surface area contributed by atoms with Gasteiger partial charge in [0.05, 0.1) is 17.5 Å². The second-order valence-electron chi connectivity index (χ2n) is 3.64. The Balaban J connectivity index is 2.66. The van der Waals surface area contributed by atoms with E-state index in [0.29, 0.717) is 6.54 Å². The van der Waals surface area contributed by atoms with Gasteiger partial charge in [0.2, 0.25) is 5.91 Å². The van der Waals surface area contributed by atoms with Crippen molar-refractivity contribution in [1.82, 2.24) is 9.88 Å². The molecule has 1 heterocycles. The summed E-state index contributed by atoms with van der Waals surface area (Å²) >= 11 is 4.11. The molecule has 0 bridgehead atoms. The van der Waals surface area contributed by atoms with Crippen LogP contribution in [-0.2, 0) is 11.3 Å². The van der Waals surface area contributed by atoms with E-state index < -0.39 is 0 Å². The van der Waals surface area contributed by atoms with E-state index in [9.17, 15) is 4.79 Å². The van der Waals surface area contributed by atoms with Gasteiger partial charge in [-0.3, -0.25) is 9.78 Å². The van der Waals surface area contributed by atoms with Gasteiger partial charge in [-0.2, -0.15) is 12.6 Å². The SMILES string of the molecule is Cc1cccc(CN(C)C(=O)C(C)S)n1. The summed E-state index contributed by atoms with van der Waals surface area (Å²) in [6.07, 6.45) is 0. The molecular weight excluding hydrogens is 208 g/mol. The molecule has 1 atom stereocenters. The predicted octanol–water partition coefficient (Wildman–Crippen LogP) is 1.67. The predicted molar refractivity (Wildman–Crippen MR) is 63.9 cm³/mol. The van der Waals surface area contributed by atoms with E-state index in [4.69, 9.17) is 0 Å². The van der Waals surface area contributed by atoms with Gasteiger partial charge in [0.25, 0.3) is 0 Å². The molecule has 1 amide bonds. The van der Waals surface area contributed by atoms with Crippen LogP contribution in [0.25, 0.3) is 0 Å². The molecule has 0 radical (unpaired) electrons. The van der Waals surface area contributed by atoms with Gasteiger partial charge in [0.15, 0.2) is 0 Å². The molecule has 4 heteroatoms. The monoisotopic (exact) mass is 224 g/mol. The summed E-state index contributed by atoms with van der Waals surface area (Å²) in [5.41, 5.74) is 1.87. The average molecular weight is 224 g/mol. The highest BCUT2D eigenvalue weighted by atomic mass is 32.1. The minimum Gasteiger partial charge on any atom is -0.339 e. The summed E-state index contributed by atoms with van der Waals surface area (Å²) in [7, 11) is 1.76. The van der Waals surface area contributed by atoms with Crippen molar-refractivity contribution in [3.8, 4) is 0 Å². The Morgan fingerprint density at radius 3 is 2.80 bits per heavy atom. The molecule has 1 rings (SSSR count). The van der Waals surface area contributed by atoms with Crippen LogP contribution in [0.3, 0.4) is 0 Å². The minimum absolute atomic E-state index is 0.0154. The molecule has 0 saturated carbocycles. The van der Waals surface area contributed by atoms with Crippen molar-refractivity contribution < 1.29 is 4.79 Å². The van der Waals surface area contributed by atoms with Crippen molar-refractivity contribution in [1.29, 1.82) is 0 Å². The number of thiol groups is 1. The summed E-state index contributed by atoms with van der Waals surface area (Å²) in [5, 5.41) is -0.264. The number of nitrogens with zero attached hydrogens (tertiary/aromatic N) is 2. The molecule has 0 aliphatic rings. The van der Waals surface area contributed by atoms with Gasteiger partial charge in [0, 0.05) is 12.7 Å². The highest BCUT2D eigenvalue weighted by Gasteiger charge is 2.13. The first-order valence-electron chi connectivity index (χ1n) is 4.86. The van der Waals surface area contributed by atoms with Gasteiger partial charge in [-0.15, -0.1) is 0 Å². The van der Waals surface area contributed by atoms with Crippen LogP contribution in [0.1, 0.15) is 18.3 Å². The summed E-state index contributed by atoms with van der Waals surface area (Å²) in [6.45, 7) is 4.24. The van der Waals surface area contributed by atoms with E-state index in [-0.39, 0.29) is 11.2 Å². The maximum atomic E-state index is 11.6. The first kappa shape index (κ1) is 12.0. The first-order valence-corrected chi connectivity index (χ1v) is 5.38. The molecule has 3 nitrogen and oxygen atoms in total. The standard InChI is InChI=1S/C11H16N2OS/c1-8-5-4-6-10(12-8)7-13(3)11(14)9(2)15/h4-6,9,15H,7H2,1-3H3. The smallest absolute Gasteiger partial charge is 0.235 e. The number of pyridine rings is 1. The number of aromatic nitrogens is 1. The number of carbonyl (C=O) groups is 1. The molecule has 15 heavy (non-hydrogen) atoms. The molecular formula is C11H16N2OS. The maximum absolute atomic E-state index is 11.6. The van der Waals surface area contributed by atoms with Gasteiger partial charge < -0.3 is 4.90 Å². The highest BCUT2D eigenvalue weighted by Crippen LogP contribution is 2.05. The Morgan fingerprint density at radius 2 is 2.27 bits per heavy atom. The Labute approximate surface area is 95.9 Å². The van der Waals surface area contributed by atoms with Crippen molar-refractivity contribution in [3.63, 3.8) is 0 Å². The lowest BCUT2D eigenvalue weighted by atomic mass is 10.3. The molecule has 0 fully saturated rings. The Hall–Kier alpha value is -1.03. The van der Waals surface area contributed by atoms with Crippen molar-refractivity contribution in [2.24, 2.45) is 0 Å². The maximum Gasteiger partial charge on any atom is 0.235 e. The van der Waals surface area contributed by atoms with Crippen LogP contribution in [0.5, 0.6) is 0 Å². The summed E-state index contributed by atoms with van der Waals surface area (Å²) in [6, 6.07) is 5.80. The summed E-state index contributed by atoms with van der Waals surface area (Å²) in [5.74, 6) is 0.0154. The molecule has 1 unspecified atom stereocenters. The van der Waals surface area contributed by atoms with Crippen molar-refractivity contribution >= 4 is 18.5 Å². The average Bonchev–Trinajstić information content (AvgIpc) is 2.16. The van der Waals surface area contributed by atoms with Crippen LogP contribution < -0.4 is 0 Å². The summed E-state index contributed by atoms with van der Waals surface area (Å²) in [4.78, 5) is 17.5. The molecule has 1 aromatic heterocycles. The van der Waals surface area contributed by atoms with Gasteiger partial charge in [-0.1, -0.05) is 6.07 Å². The molecule has 0 N–H and O–H groups in total. The van der Waals surface area contributed by atoms with Crippen LogP contribution in [0.15, 0.2) is 18.2 Å². The van der Waals surface area contributed by atoms with E-state index >= 15 is 0 Å². The molecule has 0 aromatic carbocycles. The van der Waals surface area contributed by atoms with Crippen molar-refractivity contribution in [2.75, 3.05) is 7.05 Å². The largest absolute Gasteiger partial charge is 0.339 e. The van der Waals surface area contributed by atoms with E-state index in [2.05, 4.69) is 17.6 Å². The minimum atomic E-state index is -0.264. The molecule has 0 spiro atoms. The van der Waals surface area contributed by atoms with Crippen molar-refractivity contribution in [3.05, 3.63) is 29.6 Å². The fourth-order valence-corrected chi connectivity index (χ4v) is 1.52. The lowest BCUT2D eigenvalue weighted by Crippen LogP contribution is -2.32. The fourth-order valence-electron chi connectivity index (χ4n) is 1.33. The normalized spacial score (nSPS) is 12.3. The van der Waals surface area contributed by atoms with Crippen LogP contribution in [0.4, 0.5) is 0 Å². The second-order valence-corrected chi connectivity index (χ2v) is 4.42. The molecule has 0 aliphatic heterocycles. The van der Waals surface area contributed by atoms with E-state index in [1.165, 1.54) is 0 Å². The third kappa shape index (κ3) is 3.55. The summed E-state index contributed by atoms with van der Waals surface area (Å²) < 4.78 is 0. The number of amides is 1. The lowest BCUT2D eigenvalue weighted by Gasteiger charge is -2.18. The second kappa shape index (κ2) is 5.16. The van der Waals surface area contributed by atoms with Gasteiger partial charge in [0.1, 0.15) is 0 Å². The zero-order valence-corrected chi connectivity index (χ0v) is 10.2. The Kier molecular flexibility index (Phi) is 4.15. The van der Waals surface area contributed by atoms with Crippen LogP contribution >= 0.6 is 12.6 Å². The zero-order valence-electron chi connectivity index (χ0n) is 9.27. The van der Waals surface area contributed by atoms with Crippen LogP contribution in [-0.4, -0.2) is 28.1 Å². The Morgan fingerprint density at radius 1 is 1.60 bits per heavy atom. The van der Waals surface area contributed by atoms with E-state index in [0.717, 1.165) is 11.4 Å². The quantitative estimate of drug-likeness (QED) is 0.792. The number of aryl methyl sites for hydroxylation is 1. The Bertz CT molecular complexity index is 352. The molecule has 0 saturated heterocycles. The number of rotatable bonds is 3. The topological polar surface area (TPSA) is 33.2 Å². The molecule has 1 aromatic rings. The number of hydrogen-bond donors (Lipinski definition) is 1. The van der Waals surface area contributed by atoms with Crippen LogP contribution in [0, 0.1) is 6.92 Å². The first-order chi connectivity index (χ1) is 7.00. The third-order valence-corrected chi connectivity index (χ3v) is 2.30. The van der Waals surface area contributed by atoms with Gasteiger partial charge in [-0.05, 0) is 26.0 Å². The van der Waals surface area contributed by atoms with Gasteiger partial charge >= 0.3 is 0 Å². The fraction of sp³-hybridized carbons (Fsp3) is 0.455. The highest BCUT2D eigenvalue weighted by molar-refractivity contribution is 7.81. The van der Waals surface area contributed by atoms with Gasteiger partial charge in [-0.25, -0.2) is 0 Å². The van der Waals surface area contributed by atoms with Crippen LogP contribution in [0.2, 0.25) is 0 Å².